The molecule has 3 N–H and O–H groups in total. The predicted octanol–water partition coefficient (Wildman–Crippen LogP) is 1.73. The van der Waals surface area contributed by atoms with E-state index in [2.05, 4.69) is 16.0 Å². The minimum absolute atomic E-state index is 0.0988. The van der Waals surface area contributed by atoms with Crippen molar-refractivity contribution in [3.63, 3.8) is 0 Å². The maximum atomic E-state index is 12.4. The van der Waals surface area contributed by atoms with Crippen LogP contribution < -0.4 is 20.7 Å². The third-order valence-corrected chi connectivity index (χ3v) is 3.64. The molecule has 0 aliphatic carbocycles. The number of amides is 2. The van der Waals surface area contributed by atoms with Gasteiger partial charge in [0.15, 0.2) is 0 Å². The second kappa shape index (κ2) is 6.13. The molecule has 1 aromatic carbocycles. The van der Waals surface area contributed by atoms with Crippen LogP contribution in [0.4, 0.5) is 11.4 Å². The van der Waals surface area contributed by atoms with Gasteiger partial charge in [-0.3, -0.25) is 9.59 Å². The summed E-state index contributed by atoms with van der Waals surface area (Å²) < 4.78 is 5.25. The minimum atomic E-state index is -0.560. The van der Waals surface area contributed by atoms with Crippen LogP contribution in [0.25, 0.3) is 0 Å². The molecule has 0 spiro atoms. The molecule has 1 aliphatic heterocycles. The first-order valence-corrected chi connectivity index (χ1v) is 6.97. The van der Waals surface area contributed by atoms with Crippen molar-refractivity contribution < 1.29 is 14.3 Å². The van der Waals surface area contributed by atoms with Gasteiger partial charge in [0, 0.05) is 12.6 Å². The summed E-state index contributed by atoms with van der Waals surface area (Å²) in [6.07, 6.45) is 1.78. The fourth-order valence-electron chi connectivity index (χ4n) is 2.44. The normalized spacial score (nSPS) is 20.9. The fraction of sp³-hybridized carbons (Fsp3) is 0.467. The Balaban J connectivity index is 2.20. The van der Waals surface area contributed by atoms with Gasteiger partial charge < -0.3 is 20.7 Å². The van der Waals surface area contributed by atoms with Crippen LogP contribution in [0.2, 0.25) is 0 Å². The average Bonchev–Trinajstić information content (AvgIpc) is 2.87. The summed E-state index contributed by atoms with van der Waals surface area (Å²) in [6.45, 7) is 4.17. The molecule has 6 nitrogen and oxygen atoms in total. The number of benzene rings is 1. The summed E-state index contributed by atoms with van der Waals surface area (Å²) in [5, 5.41) is 8.78. The average molecular weight is 291 g/mol. The lowest BCUT2D eigenvalue weighted by Crippen LogP contribution is -2.48. The monoisotopic (exact) mass is 291 g/mol. The zero-order chi connectivity index (χ0) is 15.5. The van der Waals surface area contributed by atoms with Crippen LogP contribution in [0.3, 0.4) is 0 Å². The largest absolute Gasteiger partial charge is 0.495 e. The second-order valence-electron chi connectivity index (χ2n) is 5.41. The van der Waals surface area contributed by atoms with E-state index in [0.29, 0.717) is 17.1 Å². The van der Waals surface area contributed by atoms with Crippen LogP contribution >= 0.6 is 0 Å². The molecule has 0 bridgehead atoms. The van der Waals surface area contributed by atoms with E-state index in [1.54, 1.807) is 25.3 Å². The molecule has 1 fully saturated rings. The van der Waals surface area contributed by atoms with Crippen molar-refractivity contribution in [2.45, 2.75) is 32.2 Å². The Morgan fingerprint density at radius 1 is 1.33 bits per heavy atom. The lowest BCUT2D eigenvalue weighted by molar-refractivity contribution is -0.121. The summed E-state index contributed by atoms with van der Waals surface area (Å²) in [4.78, 5) is 23.5. The van der Waals surface area contributed by atoms with Gasteiger partial charge in [0.1, 0.15) is 5.75 Å². The van der Waals surface area contributed by atoms with Gasteiger partial charge in [-0.05, 0) is 44.5 Å². The summed E-state index contributed by atoms with van der Waals surface area (Å²) in [5.41, 5.74) is 0.599. The van der Waals surface area contributed by atoms with Crippen molar-refractivity contribution in [3.8, 4) is 5.75 Å². The van der Waals surface area contributed by atoms with E-state index < -0.39 is 5.54 Å². The van der Waals surface area contributed by atoms with Crippen LogP contribution in [0.1, 0.15) is 26.7 Å². The second-order valence-corrected chi connectivity index (χ2v) is 5.41. The topological polar surface area (TPSA) is 79.5 Å². The molecular weight excluding hydrogens is 270 g/mol. The van der Waals surface area contributed by atoms with Crippen LogP contribution in [0.5, 0.6) is 5.75 Å². The molecule has 1 saturated heterocycles. The molecule has 21 heavy (non-hydrogen) atoms. The Bertz CT molecular complexity index is 551. The lowest BCUT2D eigenvalue weighted by Gasteiger charge is -2.24. The van der Waals surface area contributed by atoms with E-state index in [9.17, 15) is 9.59 Å². The quantitative estimate of drug-likeness (QED) is 0.789. The van der Waals surface area contributed by atoms with Crippen molar-refractivity contribution in [2.24, 2.45) is 0 Å². The molecule has 2 amide bonds. The summed E-state index contributed by atoms with van der Waals surface area (Å²) in [5.74, 6) is 0.291. The van der Waals surface area contributed by atoms with Crippen LogP contribution in [0, 0.1) is 0 Å². The van der Waals surface area contributed by atoms with E-state index >= 15 is 0 Å². The van der Waals surface area contributed by atoms with Crippen molar-refractivity contribution in [1.82, 2.24) is 5.32 Å². The van der Waals surface area contributed by atoms with Crippen LogP contribution in [-0.4, -0.2) is 31.0 Å². The number of nitrogens with one attached hydrogen (secondary N) is 3. The van der Waals surface area contributed by atoms with Gasteiger partial charge in [-0.1, -0.05) is 0 Å². The minimum Gasteiger partial charge on any atom is -0.495 e. The number of hydrogen-bond acceptors (Lipinski definition) is 4. The van der Waals surface area contributed by atoms with Crippen molar-refractivity contribution in [1.29, 1.82) is 0 Å². The Labute approximate surface area is 124 Å². The number of ether oxygens (including phenoxy) is 1. The van der Waals surface area contributed by atoms with Gasteiger partial charge in [-0.15, -0.1) is 0 Å². The van der Waals surface area contributed by atoms with Gasteiger partial charge >= 0.3 is 0 Å². The van der Waals surface area contributed by atoms with Crippen molar-refractivity contribution >= 4 is 23.2 Å². The highest BCUT2D eigenvalue weighted by atomic mass is 16.5. The molecule has 1 unspecified atom stereocenters. The standard InChI is InChI=1S/C15H21N3O3/c1-10(19)17-11-5-6-13(21-3)12(9-11)18-14(20)15(2)7-4-8-16-15/h5-6,9,16H,4,7-8H2,1-3H3,(H,17,19)(H,18,20). The number of anilines is 2. The molecule has 6 heteroatoms. The number of rotatable bonds is 4. The Kier molecular flexibility index (Phi) is 4.47. The molecule has 1 heterocycles. The van der Waals surface area contributed by atoms with Gasteiger partial charge in [0.2, 0.25) is 11.8 Å². The predicted molar refractivity (Wildman–Crippen MR) is 81.6 cm³/mol. The van der Waals surface area contributed by atoms with Crippen LogP contribution in [0.15, 0.2) is 18.2 Å². The highest BCUT2D eigenvalue weighted by molar-refractivity contribution is 6.00. The third-order valence-electron chi connectivity index (χ3n) is 3.64. The van der Waals surface area contributed by atoms with E-state index in [0.717, 1.165) is 19.4 Å². The number of carbonyl (C=O) groups excluding carboxylic acids is 2. The highest BCUT2D eigenvalue weighted by Gasteiger charge is 2.36. The Morgan fingerprint density at radius 3 is 2.67 bits per heavy atom. The zero-order valence-electron chi connectivity index (χ0n) is 12.6. The molecule has 0 aromatic heterocycles. The van der Waals surface area contributed by atoms with Gasteiger partial charge in [-0.2, -0.15) is 0 Å². The van der Waals surface area contributed by atoms with Crippen LogP contribution in [-0.2, 0) is 9.59 Å². The van der Waals surface area contributed by atoms with E-state index in [4.69, 9.17) is 4.74 Å². The fourth-order valence-corrected chi connectivity index (χ4v) is 2.44. The van der Waals surface area contributed by atoms with E-state index in [-0.39, 0.29) is 11.8 Å². The first kappa shape index (κ1) is 15.3. The molecule has 1 aliphatic rings. The molecule has 0 saturated carbocycles. The lowest BCUT2D eigenvalue weighted by atomic mass is 9.99. The molecule has 114 valence electrons. The summed E-state index contributed by atoms with van der Waals surface area (Å²) >= 11 is 0. The van der Waals surface area contributed by atoms with Crippen molar-refractivity contribution in [2.75, 3.05) is 24.3 Å². The smallest absolute Gasteiger partial charge is 0.244 e. The SMILES string of the molecule is COc1ccc(NC(C)=O)cc1NC(=O)C1(C)CCCN1. The highest BCUT2D eigenvalue weighted by Crippen LogP contribution is 2.29. The molecule has 1 atom stereocenters. The molecule has 2 rings (SSSR count). The van der Waals surface area contributed by atoms with E-state index in [1.165, 1.54) is 6.92 Å². The summed E-state index contributed by atoms with van der Waals surface area (Å²) in [7, 11) is 1.54. The summed E-state index contributed by atoms with van der Waals surface area (Å²) in [6, 6.07) is 5.13. The van der Waals surface area contributed by atoms with E-state index in [1.807, 2.05) is 6.92 Å². The van der Waals surface area contributed by atoms with Gasteiger partial charge in [0.05, 0.1) is 18.3 Å². The molecule has 0 radical (unpaired) electrons. The number of hydrogen-bond donors (Lipinski definition) is 3. The maximum absolute atomic E-state index is 12.4. The van der Waals surface area contributed by atoms with Crippen molar-refractivity contribution in [3.05, 3.63) is 18.2 Å². The number of carbonyl (C=O) groups is 2. The number of methoxy groups -OCH3 is 1. The zero-order valence-corrected chi connectivity index (χ0v) is 12.6. The van der Waals surface area contributed by atoms with Gasteiger partial charge in [0.25, 0.3) is 0 Å². The molecule has 1 aromatic rings. The van der Waals surface area contributed by atoms with Gasteiger partial charge in [-0.25, -0.2) is 0 Å². The Hall–Kier alpha value is -2.08. The first-order valence-electron chi connectivity index (χ1n) is 6.97. The maximum Gasteiger partial charge on any atom is 0.244 e. The first-order chi connectivity index (χ1) is 9.94. The molecular formula is C15H21N3O3. The Morgan fingerprint density at radius 2 is 2.10 bits per heavy atom. The third kappa shape index (κ3) is 3.52.